The summed E-state index contributed by atoms with van der Waals surface area (Å²) in [7, 11) is -7.78. The SMILES string of the molecule is C=Cc1ccccc1.CCc1ccccc1.C[SiH](C)O[Si](C)(C)C.C[Si](C)(C)O[Si](C)(C)/C=C/c1ccccc1.C[Si](C)(C)O[Si](C)(C)CCc1ccccc1.I.II.I[I-]I. The summed E-state index contributed by atoms with van der Waals surface area (Å²) in [5.41, 5.74) is 7.55. The molecule has 4 rings (SSSR count). The molecule has 0 unspecified atom stereocenters. The van der Waals surface area contributed by atoms with Crippen LogP contribution in [0.25, 0.3) is 12.2 Å². The Labute approximate surface area is 459 Å². The van der Waals surface area contributed by atoms with Crippen molar-refractivity contribution in [2.24, 2.45) is 0 Å². The fourth-order valence-corrected chi connectivity index (χ4v) is 26.4. The molecule has 4 aromatic rings. The van der Waals surface area contributed by atoms with E-state index in [-0.39, 0.29) is 24.0 Å². The Morgan fingerprint density at radius 1 is 0.565 bits per heavy atom. The molecule has 0 N–H and O–H groups in total. The molecule has 354 valence electrons. The van der Waals surface area contributed by atoms with Crippen LogP contribution in [0.4, 0.5) is 0 Å². The van der Waals surface area contributed by atoms with Gasteiger partial charge < -0.3 is 12.3 Å². The molecule has 4 aromatic carbocycles. The second kappa shape index (κ2) is 40.8. The third-order valence-electron chi connectivity index (χ3n) is 7.36. The zero-order valence-corrected chi connectivity index (χ0v) is 60.0. The first-order valence-electron chi connectivity index (χ1n) is 20.9. The van der Waals surface area contributed by atoms with E-state index in [1.54, 1.807) is 0 Å². The van der Waals surface area contributed by atoms with Crippen LogP contribution in [0.1, 0.15) is 29.2 Å². The van der Waals surface area contributed by atoms with Gasteiger partial charge in [-0.1, -0.05) is 153 Å². The van der Waals surface area contributed by atoms with E-state index in [2.05, 4.69) is 277 Å². The van der Waals surface area contributed by atoms with Crippen molar-refractivity contribution in [3.63, 3.8) is 0 Å². The van der Waals surface area contributed by atoms with Crippen molar-refractivity contribution in [2.75, 3.05) is 0 Å². The van der Waals surface area contributed by atoms with Crippen LogP contribution in [0.3, 0.4) is 0 Å². The minimum atomic E-state index is -1.64. The Morgan fingerprint density at radius 2 is 0.919 bits per heavy atom. The van der Waals surface area contributed by atoms with Gasteiger partial charge >= 0.3 is 50.5 Å². The third kappa shape index (κ3) is 51.3. The van der Waals surface area contributed by atoms with Gasteiger partial charge in [-0.05, 0) is 139 Å². The first kappa shape index (κ1) is 70.5. The number of halogens is 6. The summed E-state index contributed by atoms with van der Waals surface area (Å²) in [4.78, 5) is 0. The molecular formula is C47H81I6O3Si6-. The molecule has 3 nitrogen and oxygen atoms in total. The molecule has 0 aromatic heterocycles. The molecule has 0 aliphatic rings. The molecule has 15 heteroatoms. The molecule has 0 bridgehead atoms. The van der Waals surface area contributed by atoms with Crippen LogP contribution in [-0.2, 0) is 25.2 Å². The summed E-state index contributed by atoms with van der Waals surface area (Å²) >= 11 is 9.54. The van der Waals surface area contributed by atoms with Crippen molar-refractivity contribution in [1.82, 2.24) is 0 Å². The van der Waals surface area contributed by atoms with Crippen molar-refractivity contribution < 1.29 is 25.6 Å². The number of hydrogen-bond donors (Lipinski definition) is 0. The molecule has 0 saturated carbocycles. The van der Waals surface area contributed by atoms with E-state index in [0.29, 0.717) is 13.3 Å². The average Bonchev–Trinajstić information content (AvgIpc) is 3.17. The van der Waals surface area contributed by atoms with Gasteiger partial charge in [0.2, 0.25) is 0 Å². The first-order chi connectivity index (χ1) is 28.3. The number of benzene rings is 4. The van der Waals surface area contributed by atoms with Crippen LogP contribution in [0, 0.1) is 0 Å². The Balaban J connectivity index is -0.000000340. The predicted octanol–water partition coefficient (Wildman–Crippen LogP) is 16.1. The van der Waals surface area contributed by atoms with Crippen molar-refractivity contribution in [3.8, 4) is 0 Å². The minimum absolute atomic E-state index is 0. The van der Waals surface area contributed by atoms with E-state index >= 15 is 0 Å². The normalized spacial score (nSPS) is 11.1. The molecule has 0 aliphatic heterocycles. The number of aryl methyl sites for hydroxylation is 2. The second-order valence-electron chi connectivity index (χ2n) is 18.3. The van der Waals surface area contributed by atoms with Crippen LogP contribution >= 0.6 is 98.4 Å². The zero-order chi connectivity index (χ0) is 47.6. The van der Waals surface area contributed by atoms with Crippen LogP contribution in [0.2, 0.25) is 104 Å². The molecule has 0 atom stereocenters. The molecule has 62 heavy (non-hydrogen) atoms. The van der Waals surface area contributed by atoms with Crippen LogP contribution in [0.15, 0.2) is 134 Å². The van der Waals surface area contributed by atoms with Gasteiger partial charge in [0.15, 0.2) is 50.6 Å². The van der Waals surface area contributed by atoms with Gasteiger partial charge in [0.05, 0.1) is 0 Å². The van der Waals surface area contributed by atoms with E-state index in [1.165, 1.54) is 28.3 Å². The van der Waals surface area contributed by atoms with Crippen molar-refractivity contribution in [1.29, 1.82) is 0 Å². The summed E-state index contributed by atoms with van der Waals surface area (Å²) in [5.74, 6) is 0. The molecular weight excluding hydrogens is 1540 g/mol. The van der Waals surface area contributed by atoms with E-state index < -0.39 is 50.6 Å². The van der Waals surface area contributed by atoms with Gasteiger partial charge in [-0.25, -0.2) is 0 Å². The summed E-state index contributed by atoms with van der Waals surface area (Å²) in [6, 6.07) is 42.8. The molecule has 0 fully saturated rings. The zero-order valence-electron chi connectivity index (χ0n) is 40.7. The maximum atomic E-state index is 6.32. The monoisotopic (exact) mass is 1620 g/mol. The van der Waals surface area contributed by atoms with E-state index in [0.717, 1.165) is 12.8 Å². The Kier molecular flexibility index (Phi) is 46.4. The van der Waals surface area contributed by atoms with Crippen LogP contribution < -0.4 is 13.3 Å². The van der Waals surface area contributed by atoms with Gasteiger partial charge in [0.25, 0.3) is 0 Å². The van der Waals surface area contributed by atoms with E-state index in [4.69, 9.17) is 12.3 Å². The van der Waals surface area contributed by atoms with Gasteiger partial charge in [-0.15, -0.1) is 24.0 Å². The number of rotatable bonds is 13. The molecule has 0 saturated heterocycles. The van der Waals surface area contributed by atoms with E-state index in [9.17, 15) is 0 Å². The Morgan fingerprint density at radius 3 is 1.19 bits per heavy atom. The molecule has 0 spiro atoms. The molecule has 0 radical (unpaired) electrons. The molecule has 0 amide bonds. The standard InChI is InChI=1S/C13H24OSi2.C13H22OSi2.C8H10.C8H8.C5H16OSi2.I3.I2.HI/c2*1-15(2,3)14-16(4,5)12-11-13-9-7-6-8-10-13;2*1-2-8-6-4-3-5-7-8;1-7(2)6-8(3,4)5;1-3-2;1-2;/h6-10H,11-12H2,1-5H3;6-12H,1-5H3;3-7H,2H2,1H3;2-7H,1H2;7H,1-5H3;;;1H/q;;;;;-1;;/b;12-11+;;;;;;. The van der Waals surface area contributed by atoms with Crippen LogP contribution in [-0.4, -0.2) is 50.6 Å². The fraction of sp³-hybridized carbons (Fsp3) is 0.404. The van der Waals surface area contributed by atoms with Gasteiger partial charge in [-0.2, -0.15) is 0 Å². The topological polar surface area (TPSA) is 27.7 Å². The Hall–Kier alpha value is 1.92. The maximum absolute atomic E-state index is 6.32. The summed E-state index contributed by atoms with van der Waals surface area (Å²) in [5, 5.41) is 0. The van der Waals surface area contributed by atoms with E-state index in [1.807, 2.05) is 48.5 Å². The van der Waals surface area contributed by atoms with Crippen molar-refractivity contribution >= 4 is 161 Å². The van der Waals surface area contributed by atoms with Gasteiger partial charge in [0.1, 0.15) is 0 Å². The predicted molar refractivity (Wildman–Crippen MR) is 341 cm³/mol. The third-order valence-corrected chi connectivity index (χ3v) is 23.7. The summed E-state index contributed by atoms with van der Waals surface area (Å²) in [6.45, 7) is 39.7. The quantitative estimate of drug-likeness (QED) is 0.0986. The van der Waals surface area contributed by atoms with Crippen LogP contribution in [0.5, 0.6) is 0 Å². The first-order valence-corrected chi connectivity index (χ1v) is 58.8. The summed E-state index contributed by atoms with van der Waals surface area (Å²) < 4.78 is 18.3. The van der Waals surface area contributed by atoms with Gasteiger partial charge in [-0.3, -0.25) is 0 Å². The average molecular weight is 1620 g/mol. The van der Waals surface area contributed by atoms with Crippen molar-refractivity contribution in [3.05, 3.63) is 156 Å². The summed E-state index contributed by atoms with van der Waals surface area (Å²) in [6.07, 6.45) is 6.32. The fourth-order valence-electron chi connectivity index (χ4n) is 5.66. The van der Waals surface area contributed by atoms with Gasteiger partial charge in [0, 0.05) is 37.2 Å². The molecule has 0 heterocycles. The second-order valence-corrected chi connectivity index (χ2v) is 59.5. The van der Waals surface area contributed by atoms with Crippen molar-refractivity contribution in [2.45, 2.75) is 124 Å². The Bertz CT molecular complexity index is 1620. The number of hydrogen-bond acceptors (Lipinski definition) is 3. The molecule has 0 aliphatic carbocycles.